The van der Waals surface area contributed by atoms with Gasteiger partial charge in [-0.15, -0.1) is 0 Å². The van der Waals surface area contributed by atoms with Gasteiger partial charge in [-0.3, -0.25) is 0 Å². The van der Waals surface area contributed by atoms with Crippen LogP contribution in [-0.2, 0) is 29.7 Å². The number of sulfonamides is 1. The lowest BCUT2D eigenvalue weighted by atomic mass is 10.4. The van der Waals surface area contributed by atoms with E-state index < -0.39 is 10.0 Å². The highest BCUT2D eigenvalue weighted by atomic mass is 32.2. The maximum Gasteiger partial charge on any atom is 0.242 e. The molecule has 0 fully saturated rings. The molecule has 2 N–H and O–H groups in total. The minimum Gasteiger partial charge on any atom is -0.465 e. The first-order valence-electron chi connectivity index (χ1n) is 6.85. The molecule has 0 bridgehead atoms. The van der Waals surface area contributed by atoms with E-state index in [9.17, 15) is 8.42 Å². The number of rotatable bonds is 7. The standard InChI is InChI=1S/C14H21N3O3S/c1-4-17-10-14(7-12(17)8-15-3)21(18,19)16-9-13-6-5-11(2)20-13/h5-7,10,15-16H,4,8-9H2,1-3H3. The van der Waals surface area contributed by atoms with Crippen molar-refractivity contribution in [1.29, 1.82) is 0 Å². The molecule has 21 heavy (non-hydrogen) atoms. The topological polar surface area (TPSA) is 76.3 Å². The number of nitrogens with one attached hydrogen (secondary N) is 2. The van der Waals surface area contributed by atoms with E-state index in [1.54, 1.807) is 18.3 Å². The van der Waals surface area contributed by atoms with Crippen molar-refractivity contribution in [3.8, 4) is 0 Å². The summed E-state index contributed by atoms with van der Waals surface area (Å²) in [5.41, 5.74) is 0.939. The van der Waals surface area contributed by atoms with Crippen LogP contribution < -0.4 is 10.0 Å². The number of aromatic nitrogens is 1. The van der Waals surface area contributed by atoms with Crippen LogP contribution in [0.1, 0.15) is 24.1 Å². The molecule has 2 rings (SSSR count). The van der Waals surface area contributed by atoms with Crippen LogP contribution in [0.4, 0.5) is 0 Å². The molecule has 0 aliphatic heterocycles. The normalized spacial score (nSPS) is 12.0. The fraction of sp³-hybridized carbons (Fsp3) is 0.429. The van der Waals surface area contributed by atoms with E-state index in [0.717, 1.165) is 18.0 Å². The predicted molar refractivity (Wildman–Crippen MR) is 80.3 cm³/mol. The third kappa shape index (κ3) is 3.75. The highest BCUT2D eigenvalue weighted by Gasteiger charge is 2.18. The van der Waals surface area contributed by atoms with Crippen molar-refractivity contribution in [3.05, 3.63) is 41.6 Å². The van der Waals surface area contributed by atoms with Gasteiger partial charge in [-0.05, 0) is 39.1 Å². The molecule has 0 radical (unpaired) electrons. The molecule has 116 valence electrons. The Kier molecular flexibility index (Phi) is 4.87. The van der Waals surface area contributed by atoms with Crippen LogP contribution in [0.2, 0.25) is 0 Å². The second-order valence-corrected chi connectivity index (χ2v) is 6.59. The summed E-state index contributed by atoms with van der Waals surface area (Å²) in [6.07, 6.45) is 1.66. The van der Waals surface area contributed by atoms with Crippen LogP contribution >= 0.6 is 0 Å². The fourth-order valence-electron chi connectivity index (χ4n) is 2.13. The summed E-state index contributed by atoms with van der Waals surface area (Å²) in [5.74, 6) is 1.36. The molecule has 7 heteroatoms. The second kappa shape index (κ2) is 6.46. The van der Waals surface area contributed by atoms with Crippen molar-refractivity contribution in [2.45, 2.75) is 38.4 Å². The smallest absolute Gasteiger partial charge is 0.242 e. The van der Waals surface area contributed by atoms with Crippen LogP contribution in [0.25, 0.3) is 0 Å². The van der Waals surface area contributed by atoms with E-state index in [0.29, 0.717) is 12.3 Å². The van der Waals surface area contributed by atoms with Crippen LogP contribution in [0.5, 0.6) is 0 Å². The molecule has 0 unspecified atom stereocenters. The molecule has 2 aromatic rings. The van der Waals surface area contributed by atoms with Gasteiger partial charge in [-0.2, -0.15) is 0 Å². The number of furan rings is 1. The van der Waals surface area contributed by atoms with E-state index in [1.165, 1.54) is 0 Å². The molecular formula is C14H21N3O3S. The predicted octanol–water partition coefficient (Wildman–Crippen LogP) is 1.61. The molecule has 0 spiro atoms. The Bertz CT molecular complexity index is 701. The Morgan fingerprint density at radius 1 is 1.29 bits per heavy atom. The summed E-state index contributed by atoms with van der Waals surface area (Å²) in [5, 5.41) is 3.03. The zero-order valence-electron chi connectivity index (χ0n) is 12.5. The summed E-state index contributed by atoms with van der Waals surface area (Å²) in [4.78, 5) is 0.276. The molecule has 0 saturated heterocycles. The molecule has 0 aliphatic carbocycles. The lowest BCUT2D eigenvalue weighted by Crippen LogP contribution is -2.22. The number of hydrogen-bond acceptors (Lipinski definition) is 4. The van der Waals surface area contributed by atoms with Gasteiger partial charge in [-0.25, -0.2) is 13.1 Å². The molecule has 6 nitrogen and oxygen atoms in total. The summed E-state index contributed by atoms with van der Waals surface area (Å²) in [6.45, 7) is 5.30. The average molecular weight is 311 g/mol. The molecule has 0 aromatic carbocycles. The Morgan fingerprint density at radius 2 is 2.05 bits per heavy atom. The third-order valence-electron chi connectivity index (χ3n) is 3.20. The monoisotopic (exact) mass is 311 g/mol. The molecule has 0 aliphatic rings. The van der Waals surface area contributed by atoms with Crippen molar-refractivity contribution in [2.75, 3.05) is 7.05 Å². The molecule has 2 heterocycles. The third-order valence-corrected chi connectivity index (χ3v) is 4.57. The quantitative estimate of drug-likeness (QED) is 0.814. The van der Waals surface area contributed by atoms with Gasteiger partial charge in [0.25, 0.3) is 0 Å². The van der Waals surface area contributed by atoms with Crippen molar-refractivity contribution < 1.29 is 12.8 Å². The number of aryl methyl sites for hydroxylation is 2. The fourth-order valence-corrected chi connectivity index (χ4v) is 3.18. The second-order valence-electron chi connectivity index (χ2n) is 4.82. The molecule has 0 amide bonds. The maximum absolute atomic E-state index is 12.3. The molecule has 2 aromatic heterocycles. The highest BCUT2D eigenvalue weighted by Crippen LogP contribution is 2.15. The summed E-state index contributed by atoms with van der Waals surface area (Å²) < 4.78 is 34.5. The molecule has 0 atom stereocenters. The first-order chi connectivity index (χ1) is 9.96. The first kappa shape index (κ1) is 15.8. The Morgan fingerprint density at radius 3 is 2.62 bits per heavy atom. The Labute approximate surface area is 125 Å². The van der Waals surface area contributed by atoms with Crippen molar-refractivity contribution in [3.63, 3.8) is 0 Å². The van der Waals surface area contributed by atoms with Gasteiger partial charge in [0.1, 0.15) is 11.5 Å². The first-order valence-corrected chi connectivity index (χ1v) is 8.33. The zero-order valence-corrected chi connectivity index (χ0v) is 13.3. The molecular weight excluding hydrogens is 290 g/mol. The van der Waals surface area contributed by atoms with Gasteiger partial charge in [0.05, 0.1) is 11.4 Å². The maximum atomic E-state index is 12.3. The van der Waals surface area contributed by atoms with Gasteiger partial charge in [-0.1, -0.05) is 0 Å². The summed E-state index contributed by atoms with van der Waals surface area (Å²) >= 11 is 0. The number of hydrogen-bond donors (Lipinski definition) is 2. The highest BCUT2D eigenvalue weighted by molar-refractivity contribution is 7.89. The molecule has 0 saturated carbocycles. The van der Waals surface area contributed by atoms with Crippen molar-refractivity contribution >= 4 is 10.0 Å². The van der Waals surface area contributed by atoms with Crippen LogP contribution in [0, 0.1) is 6.92 Å². The van der Waals surface area contributed by atoms with Crippen LogP contribution in [0.3, 0.4) is 0 Å². The van der Waals surface area contributed by atoms with E-state index in [2.05, 4.69) is 10.0 Å². The van der Waals surface area contributed by atoms with E-state index >= 15 is 0 Å². The largest absolute Gasteiger partial charge is 0.465 e. The SMILES string of the molecule is CCn1cc(S(=O)(=O)NCc2ccc(C)o2)cc1CNC. The Hall–Kier alpha value is -1.57. The summed E-state index contributed by atoms with van der Waals surface area (Å²) in [6, 6.07) is 5.26. The van der Waals surface area contributed by atoms with Crippen LogP contribution in [-0.4, -0.2) is 20.0 Å². The van der Waals surface area contributed by atoms with Gasteiger partial charge in [0.2, 0.25) is 10.0 Å². The van der Waals surface area contributed by atoms with E-state index in [1.807, 2.05) is 31.5 Å². The van der Waals surface area contributed by atoms with Crippen molar-refractivity contribution in [1.82, 2.24) is 14.6 Å². The lowest BCUT2D eigenvalue weighted by molar-refractivity contribution is 0.475. The van der Waals surface area contributed by atoms with Gasteiger partial charge < -0.3 is 14.3 Å². The summed E-state index contributed by atoms with van der Waals surface area (Å²) in [7, 11) is -1.71. The van der Waals surface area contributed by atoms with Gasteiger partial charge >= 0.3 is 0 Å². The average Bonchev–Trinajstić information content (AvgIpc) is 3.04. The van der Waals surface area contributed by atoms with Crippen LogP contribution in [0.15, 0.2) is 33.7 Å². The van der Waals surface area contributed by atoms with E-state index in [4.69, 9.17) is 4.42 Å². The Balaban J connectivity index is 2.15. The van der Waals surface area contributed by atoms with Gasteiger partial charge in [0.15, 0.2) is 0 Å². The van der Waals surface area contributed by atoms with Gasteiger partial charge in [0, 0.05) is 25.0 Å². The zero-order chi connectivity index (χ0) is 15.5. The van der Waals surface area contributed by atoms with E-state index in [-0.39, 0.29) is 11.4 Å². The minimum atomic E-state index is -3.54. The minimum absolute atomic E-state index is 0.148. The number of nitrogens with zero attached hydrogens (tertiary/aromatic N) is 1. The van der Waals surface area contributed by atoms with Crippen molar-refractivity contribution in [2.24, 2.45) is 0 Å². The lowest BCUT2D eigenvalue weighted by Gasteiger charge is -2.04.